The normalized spacial score (nSPS) is 20.0. The maximum absolute atomic E-state index is 5.15. The molecule has 0 aliphatic carbocycles. The van der Waals surface area contributed by atoms with E-state index in [4.69, 9.17) is 9.98 Å². The minimum atomic E-state index is 0.489. The standard InChI is InChI=1S/C19H27N3/c1-13(2)15-7-5-8-16(14(3)4)18(15)21-17-9-6-11-22-12-10-20-19(17)22/h5,7-8,13-14H,6,9-12H2,1-4H3. The van der Waals surface area contributed by atoms with Crippen molar-refractivity contribution in [1.82, 2.24) is 4.90 Å². The Bertz CT molecular complexity index is 585. The lowest BCUT2D eigenvalue weighted by atomic mass is 9.92. The first kappa shape index (κ1) is 15.3. The number of aliphatic imine (C=N–C) groups is 2. The second-order valence-corrected chi connectivity index (χ2v) is 6.95. The van der Waals surface area contributed by atoms with Crippen LogP contribution in [0.3, 0.4) is 0 Å². The third kappa shape index (κ3) is 2.81. The number of benzene rings is 1. The van der Waals surface area contributed by atoms with Crippen molar-refractivity contribution in [2.75, 3.05) is 19.6 Å². The SMILES string of the molecule is CC(C)c1cccc(C(C)C)c1N=C1CCCN2CCN=C12. The van der Waals surface area contributed by atoms with Gasteiger partial charge in [-0.25, -0.2) is 4.99 Å². The molecule has 1 aromatic carbocycles. The second kappa shape index (κ2) is 6.23. The minimum Gasteiger partial charge on any atom is -0.354 e. The zero-order valence-corrected chi connectivity index (χ0v) is 14.3. The summed E-state index contributed by atoms with van der Waals surface area (Å²) in [6.07, 6.45) is 2.25. The number of hydrogen-bond acceptors (Lipinski definition) is 3. The lowest BCUT2D eigenvalue weighted by molar-refractivity contribution is 0.442. The third-order valence-electron chi connectivity index (χ3n) is 4.62. The van der Waals surface area contributed by atoms with Crippen molar-refractivity contribution in [3.63, 3.8) is 0 Å². The van der Waals surface area contributed by atoms with Crippen LogP contribution in [-0.2, 0) is 0 Å². The van der Waals surface area contributed by atoms with Crippen LogP contribution in [0.25, 0.3) is 0 Å². The van der Waals surface area contributed by atoms with E-state index in [1.807, 2.05) is 0 Å². The fourth-order valence-corrected chi connectivity index (χ4v) is 3.40. The van der Waals surface area contributed by atoms with Gasteiger partial charge in [0.15, 0.2) is 0 Å². The molecule has 0 aromatic heterocycles. The van der Waals surface area contributed by atoms with Crippen LogP contribution in [0, 0.1) is 0 Å². The molecule has 118 valence electrons. The van der Waals surface area contributed by atoms with E-state index in [1.54, 1.807) is 0 Å². The van der Waals surface area contributed by atoms with Crippen molar-refractivity contribution in [2.24, 2.45) is 9.98 Å². The number of amidine groups is 1. The quantitative estimate of drug-likeness (QED) is 0.806. The Balaban J connectivity index is 2.08. The fourth-order valence-electron chi connectivity index (χ4n) is 3.40. The molecule has 0 bridgehead atoms. The molecular weight excluding hydrogens is 270 g/mol. The van der Waals surface area contributed by atoms with Gasteiger partial charge in [-0.1, -0.05) is 45.9 Å². The Hall–Kier alpha value is -1.64. The molecule has 22 heavy (non-hydrogen) atoms. The molecule has 3 rings (SSSR count). The first-order chi connectivity index (χ1) is 10.6. The van der Waals surface area contributed by atoms with Crippen molar-refractivity contribution < 1.29 is 0 Å². The van der Waals surface area contributed by atoms with Crippen molar-refractivity contribution >= 4 is 17.2 Å². The lowest BCUT2D eigenvalue weighted by Gasteiger charge is -2.27. The molecule has 0 saturated carbocycles. The van der Waals surface area contributed by atoms with Crippen LogP contribution in [-0.4, -0.2) is 36.1 Å². The van der Waals surface area contributed by atoms with Crippen molar-refractivity contribution in [3.05, 3.63) is 29.3 Å². The van der Waals surface area contributed by atoms with Gasteiger partial charge in [0.1, 0.15) is 5.84 Å². The maximum Gasteiger partial charge on any atom is 0.145 e. The summed E-state index contributed by atoms with van der Waals surface area (Å²) in [5.74, 6) is 2.13. The Labute approximate surface area is 134 Å². The number of fused-ring (bicyclic) bond motifs is 1. The van der Waals surface area contributed by atoms with Crippen LogP contribution in [0.15, 0.2) is 28.2 Å². The van der Waals surface area contributed by atoms with Crippen LogP contribution >= 0.6 is 0 Å². The molecule has 1 aromatic rings. The molecule has 2 heterocycles. The number of piperidine rings is 1. The van der Waals surface area contributed by atoms with E-state index >= 15 is 0 Å². The van der Waals surface area contributed by atoms with Crippen molar-refractivity contribution in [1.29, 1.82) is 0 Å². The average molecular weight is 297 g/mol. The highest BCUT2D eigenvalue weighted by Gasteiger charge is 2.26. The van der Waals surface area contributed by atoms with Gasteiger partial charge in [0, 0.05) is 13.1 Å². The van der Waals surface area contributed by atoms with E-state index in [1.165, 1.54) is 28.9 Å². The van der Waals surface area contributed by atoms with Crippen LogP contribution < -0.4 is 0 Å². The van der Waals surface area contributed by atoms with Gasteiger partial charge < -0.3 is 4.90 Å². The summed E-state index contributed by atoms with van der Waals surface area (Å²) in [5, 5.41) is 0. The molecule has 2 aliphatic rings. The monoisotopic (exact) mass is 297 g/mol. The summed E-state index contributed by atoms with van der Waals surface area (Å²) in [5.41, 5.74) is 5.10. The highest BCUT2D eigenvalue weighted by molar-refractivity contribution is 6.42. The first-order valence-electron chi connectivity index (χ1n) is 8.58. The third-order valence-corrected chi connectivity index (χ3v) is 4.62. The number of rotatable bonds is 3. The number of para-hydroxylation sites is 1. The van der Waals surface area contributed by atoms with Crippen LogP contribution in [0.5, 0.6) is 0 Å². The van der Waals surface area contributed by atoms with Crippen LogP contribution in [0.1, 0.15) is 63.5 Å². The van der Waals surface area contributed by atoms with Gasteiger partial charge in [-0.15, -0.1) is 0 Å². The Morgan fingerprint density at radius 3 is 2.36 bits per heavy atom. The molecule has 0 radical (unpaired) electrons. The maximum atomic E-state index is 5.15. The number of hydrogen-bond donors (Lipinski definition) is 0. The predicted octanol–water partition coefficient (Wildman–Crippen LogP) is 4.51. The largest absolute Gasteiger partial charge is 0.354 e. The highest BCUT2D eigenvalue weighted by Crippen LogP contribution is 2.35. The van der Waals surface area contributed by atoms with Gasteiger partial charge in [-0.3, -0.25) is 4.99 Å². The van der Waals surface area contributed by atoms with E-state index in [-0.39, 0.29) is 0 Å². The highest BCUT2D eigenvalue weighted by atomic mass is 15.3. The number of nitrogens with zero attached hydrogens (tertiary/aromatic N) is 3. The Morgan fingerprint density at radius 2 is 1.73 bits per heavy atom. The van der Waals surface area contributed by atoms with Gasteiger partial charge >= 0.3 is 0 Å². The Kier molecular flexibility index (Phi) is 4.32. The van der Waals surface area contributed by atoms with Gasteiger partial charge in [0.2, 0.25) is 0 Å². The van der Waals surface area contributed by atoms with Crippen LogP contribution in [0.2, 0.25) is 0 Å². The zero-order valence-electron chi connectivity index (χ0n) is 14.3. The van der Waals surface area contributed by atoms with E-state index in [0.717, 1.165) is 31.9 Å². The molecule has 3 heteroatoms. The molecule has 2 aliphatic heterocycles. The zero-order chi connectivity index (χ0) is 15.7. The average Bonchev–Trinajstić information content (AvgIpc) is 2.96. The first-order valence-corrected chi connectivity index (χ1v) is 8.58. The fraction of sp³-hybridized carbons (Fsp3) is 0.579. The smallest absolute Gasteiger partial charge is 0.145 e. The van der Waals surface area contributed by atoms with Gasteiger partial charge in [0.25, 0.3) is 0 Å². The predicted molar refractivity (Wildman–Crippen MR) is 94.8 cm³/mol. The van der Waals surface area contributed by atoms with Crippen molar-refractivity contribution in [2.45, 2.75) is 52.4 Å². The van der Waals surface area contributed by atoms with E-state index < -0.39 is 0 Å². The lowest BCUT2D eigenvalue weighted by Crippen LogP contribution is -2.38. The molecular formula is C19H27N3. The Morgan fingerprint density at radius 1 is 1.05 bits per heavy atom. The van der Waals surface area contributed by atoms with Gasteiger partial charge in [0.05, 0.1) is 17.9 Å². The van der Waals surface area contributed by atoms with E-state index in [0.29, 0.717) is 11.8 Å². The molecule has 0 amide bonds. The molecule has 0 spiro atoms. The van der Waals surface area contributed by atoms with Gasteiger partial charge in [-0.2, -0.15) is 0 Å². The van der Waals surface area contributed by atoms with E-state index in [9.17, 15) is 0 Å². The second-order valence-electron chi connectivity index (χ2n) is 6.95. The summed E-state index contributed by atoms with van der Waals surface area (Å²) in [6, 6.07) is 6.63. The van der Waals surface area contributed by atoms with E-state index in [2.05, 4.69) is 50.8 Å². The minimum absolute atomic E-state index is 0.489. The topological polar surface area (TPSA) is 28.0 Å². The molecule has 0 N–H and O–H groups in total. The van der Waals surface area contributed by atoms with Crippen molar-refractivity contribution in [3.8, 4) is 0 Å². The summed E-state index contributed by atoms with van der Waals surface area (Å²) in [4.78, 5) is 12.2. The summed E-state index contributed by atoms with van der Waals surface area (Å²) in [6.45, 7) is 12.1. The molecule has 1 saturated heterocycles. The molecule has 0 atom stereocenters. The summed E-state index contributed by atoms with van der Waals surface area (Å²) in [7, 11) is 0. The summed E-state index contributed by atoms with van der Waals surface area (Å²) >= 11 is 0. The molecule has 0 unspecified atom stereocenters. The molecule has 1 fully saturated rings. The van der Waals surface area contributed by atoms with Gasteiger partial charge in [-0.05, 0) is 35.8 Å². The molecule has 3 nitrogen and oxygen atoms in total. The summed E-state index contributed by atoms with van der Waals surface area (Å²) < 4.78 is 0. The van der Waals surface area contributed by atoms with Crippen LogP contribution in [0.4, 0.5) is 5.69 Å².